The number of aryl methyl sites for hydroxylation is 2. The van der Waals surface area contributed by atoms with E-state index < -0.39 is 0 Å². The highest BCUT2D eigenvalue weighted by Crippen LogP contribution is 2.28. The molecular weight excluding hydrogens is 390 g/mol. The fourth-order valence-electron chi connectivity index (χ4n) is 5.01. The smallest absolute Gasteiger partial charge is 0.222 e. The lowest BCUT2D eigenvalue weighted by Crippen LogP contribution is -2.38. The minimum Gasteiger partial charge on any atom is -0.343 e. The summed E-state index contributed by atoms with van der Waals surface area (Å²) in [5, 5.41) is 4.86. The van der Waals surface area contributed by atoms with Gasteiger partial charge in [0.1, 0.15) is 0 Å². The number of hydrogen-bond donors (Lipinski definition) is 0. The van der Waals surface area contributed by atoms with Crippen LogP contribution in [0, 0.1) is 19.8 Å². The molecule has 1 atom stereocenters. The number of piperidine rings is 1. The molecule has 0 saturated carbocycles. The first-order valence-corrected chi connectivity index (χ1v) is 11.8. The summed E-state index contributed by atoms with van der Waals surface area (Å²) < 4.78 is 1.93. The zero-order chi connectivity index (χ0) is 22.1. The summed E-state index contributed by atoms with van der Waals surface area (Å²) in [6, 6.07) is 2.06. The molecule has 0 spiro atoms. The van der Waals surface area contributed by atoms with Crippen molar-refractivity contribution in [3.63, 3.8) is 0 Å². The number of amides is 2. The Bertz CT molecular complexity index is 974. The van der Waals surface area contributed by atoms with Crippen LogP contribution in [-0.2, 0) is 16.0 Å². The van der Waals surface area contributed by atoms with Gasteiger partial charge in [-0.1, -0.05) is 13.8 Å². The van der Waals surface area contributed by atoms with Gasteiger partial charge in [0.15, 0.2) is 5.65 Å². The molecule has 2 saturated heterocycles. The van der Waals surface area contributed by atoms with Gasteiger partial charge in [0.2, 0.25) is 11.8 Å². The lowest BCUT2D eigenvalue weighted by Gasteiger charge is -2.30. The summed E-state index contributed by atoms with van der Waals surface area (Å²) in [6.45, 7) is 11.6. The molecule has 2 fully saturated rings. The predicted molar refractivity (Wildman–Crippen MR) is 120 cm³/mol. The van der Waals surface area contributed by atoms with E-state index in [2.05, 4.69) is 19.9 Å². The maximum atomic E-state index is 12.7. The Hall–Kier alpha value is -2.44. The van der Waals surface area contributed by atoms with Crippen LogP contribution in [0.3, 0.4) is 0 Å². The molecule has 2 amide bonds. The summed E-state index contributed by atoms with van der Waals surface area (Å²) in [4.78, 5) is 33.5. The van der Waals surface area contributed by atoms with Crippen molar-refractivity contribution in [1.82, 2.24) is 24.4 Å². The van der Waals surface area contributed by atoms with Gasteiger partial charge in [0, 0.05) is 62.4 Å². The number of aromatic nitrogens is 3. The van der Waals surface area contributed by atoms with E-state index in [1.165, 1.54) is 0 Å². The minimum atomic E-state index is 0.214. The molecule has 4 heterocycles. The van der Waals surface area contributed by atoms with E-state index in [0.29, 0.717) is 19.3 Å². The third-order valence-corrected chi connectivity index (χ3v) is 7.17. The van der Waals surface area contributed by atoms with Crippen molar-refractivity contribution < 1.29 is 9.59 Å². The van der Waals surface area contributed by atoms with Crippen LogP contribution in [-0.4, -0.2) is 62.4 Å². The Morgan fingerprint density at radius 3 is 2.48 bits per heavy atom. The van der Waals surface area contributed by atoms with Gasteiger partial charge in [-0.15, -0.1) is 0 Å². The lowest BCUT2D eigenvalue weighted by molar-refractivity contribution is -0.132. The number of fused-ring (bicyclic) bond motifs is 1. The molecule has 0 bridgehead atoms. The topological polar surface area (TPSA) is 70.8 Å². The summed E-state index contributed by atoms with van der Waals surface area (Å²) >= 11 is 0. The Balaban J connectivity index is 1.48. The van der Waals surface area contributed by atoms with Crippen LogP contribution < -0.4 is 0 Å². The molecule has 168 valence electrons. The number of nitrogens with zero attached hydrogens (tertiary/aromatic N) is 5. The molecule has 0 N–H and O–H groups in total. The summed E-state index contributed by atoms with van der Waals surface area (Å²) in [6.07, 6.45) is 4.93. The third kappa shape index (κ3) is 4.46. The van der Waals surface area contributed by atoms with Crippen LogP contribution in [0.1, 0.15) is 74.5 Å². The Morgan fingerprint density at radius 2 is 1.77 bits per heavy atom. The standard InChI is InChI=1S/C24H35N5O2/c1-5-23(30)28-13-10-19(15-28)21-14-22-25-17(3)20(18(4)29(22)26-21)6-7-24(31)27-11-8-16(2)9-12-27/h14,16,19H,5-13,15H2,1-4H3/t19-/m0/s1. The highest BCUT2D eigenvalue weighted by molar-refractivity contribution is 5.77. The van der Waals surface area contributed by atoms with E-state index in [0.717, 1.165) is 79.7 Å². The molecule has 4 rings (SSSR count). The molecule has 0 radical (unpaired) electrons. The highest BCUT2D eigenvalue weighted by Gasteiger charge is 2.29. The quantitative estimate of drug-likeness (QED) is 0.737. The monoisotopic (exact) mass is 425 g/mol. The molecule has 2 aliphatic rings. The normalized spacial score (nSPS) is 20.1. The fraction of sp³-hybridized carbons (Fsp3) is 0.667. The van der Waals surface area contributed by atoms with E-state index >= 15 is 0 Å². The van der Waals surface area contributed by atoms with Crippen LogP contribution in [0.4, 0.5) is 0 Å². The van der Waals surface area contributed by atoms with Crippen LogP contribution in [0.2, 0.25) is 0 Å². The molecule has 2 aromatic rings. The van der Waals surface area contributed by atoms with Gasteiger partial charge >= 0.3 is 0 Å². The van der Waals surface area contributed by atoms with Crippen molar-refractivity contribution in [2.75, 3.05) is 26.2 Å². The Morgan fingerprint density at radius 1 is 1.06 bits per heavy atom. The number of likely N-dealkylation sites (tertiary alicyclic amines) is 2. The molecule has 0 unspecified atom stereocenters. The number of carbonyl (C=O) groups is 2. The predicted octanol–water partition coefficient (Wildman–Crippen LogP) is 3.26. The average molecular weight is 426 g/mol. The van der Waals surface area contributed by atoms with E-state index in [4.69, 9.17) is 10.1 Å². The summed E-state index contributed by atoms with van der Waals surface area (Å²) in [7, 11) is 0. The van der Waals surface area contributed by atoms with Crippen molar-refractivity contribution >= 4 is 17.5 Å². The Kier molecular flexibility index (Phi) is 6.30. The van der Waals surface area contributed by atoms with E-state index in [-0.39, 0.29) is 17.7 Å². The van der Waals surface area contributed by atoms with Crippen LogP contribution in [0.5, 0.6) is 0 Å². The van der Waals surface area contributed by atoms with Crippen LogP contribution >= 0.6 is 0 Å². The van der Waals surface area contributed by atoms with Gasteiger partial charge in [0.25, 0.3) is 0 Å². The molecule has 2 aromatic heterocycles. The summed E-state index contributed by atoms with van der Waals surface area (Å²) in [5.74, 6) is 1.45. The largest absolute Gasteiger partial charge is 0.343 e. The number of carbonyl (C=O) groups excluding carboxylic acids is 2. The van der Waals surface area contributed by atoms with Gasteiger partial charge in [-0.2, -0.15) is 5.10 Å². The molecule has 7 nitrogen and oxygen atoms in total. The van der Waals surface area contributed by atoms with Gasteiger partial charge in [-0.25, -0.2) is 9.50 Å². The first-order chi connectivity index (χ1) is 14.9. The fourth-order valence-corrected chi connectivity index (χ4v) is 5.01. The van der Waals surface area contributed by atoms with Gasteiger partial charge in [-0.05, 0) is 51.0 Å². The number of hydrogen-bond acceptors (Lipinski definition) is 4. The minimum absolute atomic E-state index is 0.214. The molecule has 0 aromatic carbocycles. The van der Waals surface area contributed by atoms with Crippen LogP contribution in [0.25, 0.3) is 5.65 Å². The van der Waals surface area contributed by atoms with Crippen molar-refractivity contribution in [2.45, 2.75) is 72.1 Å². The van der Waals surface area contributed by atoms with Crippen molar-refractivity contribution in [3.05, 3.63) is 28.7 Å². The Labute approximate surface area is 184 Å². The van der Waals surface area contributed by atoms with E-state index in [9.17, 15) is 9.59 Å². The second-order valence-corrected chi connectivity index (χ2v) is 9.34. The van der Waals surface area contributed by atoms with Gasteiger partial charge in [-0.3, -0.25) is 9.59 Å². The second kappa shape index (κ2) is 8.97. The number of rotatable bonds is 5. The van der Waals surface area contributed by atoms with Crippen molar-refractivity contribution in [2.24, 2.45) is 5.92 Å². The average Bonchev–Trinajstić information content (AvgIpc) is 3.40. The van der Waals surface area contributed by atoms with E-state index in [1.54, 1.807) is 0 Å². The first kappa shape index (κ1) is 21.8. The first-order valence-electron chi connectivity index (χ1n) is 11.8. The second-order valence-electron chi connectivity index (χ2n) is 9.34. The lowest BCUT2D eigenvalue weighted by atomic mass is 9.98. The van der Waals surface area contributed by atoms with Gasteiger partial charge < -0.3 is 9.80 Å². The molecular formula is C24H35N5O2. The molecule has 2 aliphatic heterocycles. The summed E-state index contributed by atoms with van der Waals surface area (Å²) in [5.41, 5.74) is 5.02. The van der Waals surface area contributed by atoms with E-state index in [1.807, 2.05) is 28.2 Å². The maximum absolute atomic E-state index is 12.7. The molecule has 0 aliphatic carbocycles. The molecule has 31 heavy (non-hydrogen) atoms. The third-order valence-electron chi connectivity index (χ3n) is 7.17. The highest BCUT2D eigenvalue weighted by atomic mass is 16.2. The van der Waals surface area contributed by atoms with Crippen molar-refractivity contribution in [1.29, 1.82) is 0 Å². The van der Waals surface area contributed by atoms with Gasteiger partial charge in [0.05, 0.1) is 5.69 Å². The van der Waals surface area contributed by atoms with Crippen molar-refractivity contribution in [3.8, 4) is 0 Å². The zero-order valence-electron chi connectivity index (χ0n) is 19.4. The molecule has 7 heteroatoms. The maximum Gasteiger partial charge on any atom is 0.222 e. The van der Waals surface area contributed by atoms with Crippen LogP contribution in [0.15, 0.2) is 6.07 Å². The SMILES string of the molecule is CCC(=O)N1CC[C@H](c2cc3nc(C)c(CCC(=O)N4CCC(C)CC4)c(C)n3n2)C1. The zero-order valence-corrected chi connectivity index (χ0v) is 19.4.